The van der Waals surface area contributed by atoms with E-state index >= 15 is 0 Å². The fourth-order valence-electron chi connectivity index (χ4n) is 1.30. The summed E-state index contributed by atoms with van der Waals surface area (Å²) in [6.45, 7) is 8.06. The number of rotatable bonds is 3. The predicted molar refractivity (Wildman–Crippen MR) is 52.5 cm³/mol. The van der Waals surface area contributed by atoms with Crippen molar-refractivity contribution < 1.29 is 9.59 Å². The van der Waals surface area contributed by atoms with Crippen LogP contribution in [0.3, 0.4) is 0 Å². The molecule has 2 N–H and O–H groups in total. The summed E-state index contributed by atoms with van der Waals surface area (Å²) in [5.41, 5.74) is 0.445. The van der Waals surface area contributed by atoms with Crippen molar-refractivity contribution in [1.29, 1.82) is 0 Å². The Morgan fingerprint density at radius 2 is 2.43 bits per heavy atom. The maximum Gasteiger partial charge on any atom is 0.319 e. The van der Waals surface area contributed by atoms with Crippen LogP contribution in [0.1, 0.15) is 13.8 Å². The zero-order valence-electron chi connectivity index (χ0n) is 8.46. The van der Waals surface area contributed by atoms with E-state index in [0.29, 0.717) is 18.7 Å². The van der Waals surface area contributed by atoms with Gasteiger partial charge in [0.15, 0.2) is 0 Å². The van der Waals surface area contributed by atoms with E-state index in [1.54, 1.807) is 11.8 Å². The maximum absolute atomic E-state index is 11.3. The molecule has 5 nitrogen and oxygen atoms in total. The van der Waals surface area contributed by atoms with Crippen LogP contribution in [0.15, 0.2) is 12.2 Å². The van der Waals surface area contributed by atoms with Gasteiger partial charge in [0.25, 0.3) is 0 Å². The second kappa shape index (κ2) is 4.13. The van der Waals surface area contributed by atoms with Gasteiger partial charge in [0, 0.05) is 12.1 Å². The Balaban J connectivity index is 2.57. The van der Waals surface area contributed by atoms with E-state index in [0.717, 1.165) is 0 Å². The van der Waals surface area contributed by atoms with E-state index in [4.69, 9.17) is 0 Å². The van der Waals surface area contributed by atoms with Crippen molar-refractivity contribution in [2.75, 3.05) is 13.1 Å². The molecule has 1 heterocycles. The molecule has 0 aliphatic carbocycles. The van der Waals surface area contributed by atoms with Gasteiger partial charge in [-0.25, -0.2) is 4.79 Å². The SMILES string of the molecule is C=C(C)C(=O)NC1CNC(=O)N1CC. The topological polar surface area (TPSA) is 61.4 Å². The van der Waals surface area contributed by atoms with Gasteiger partial charge in [-0.3, -0.25) is 4.79 Å². The highest BCUT2D eigenvalue weighted by molar-refractivity contribution is 5.92. The standard InChI is InChI=1S/C9H15N3O2/c1-4-12-7(5-10-9(12)14)11-8(13)6(2)3/h7H,2,4-5H2,1,3H3,(H,10,14)(H,11,13). The molecule has 1 aliphatic rings. The number of amides is 3. The van der Waals surface area contributed by atoms with Crippen LogP contribution in [-0.4, -0.2) is 36.1 Å². The van der Waals surface area contributed by atoms with Crippen LogP contribution in [0.4, 0.5) is 4.79 Å². The van der Waals surface area contributed by atoms with Gasteiger partial charge in [-0.15, -0.1) is 0 Å². The van der Waals surface area contributed by atoms with E-state index in [1.165, 1.54) is 0 Å². The number of nitrogens with one attached hydrogen (secondary N) is 2. The summed E-state index contributed by atoms with van der Waals surface area (Å²) in [7, 11) is 0. The third kappa shape index (κ3) is 2.04. The summed E-state index contributed by atoms with van der Waals surface area (Å²) in [5.74, 6) is -0.218. The van der Waals surface area contributed by atoms with Gasteiger partial charge in [0.2, 0.25) is 5.91 Å². The van der Waals surface area contributed by atoms with Crippen molar-refractivity contribution in [1.82, 2.24) is 15.5 Å². The minimum atomic E-state index is -0.253. The molecule has 0 saturated carbocycles. The normalized spacial score (nSPS) is 20.6. The summed E-state index contributed by atoms with van der Waals surface area (Å²) < 4.78 is 0. The van der Waals surface area contributed by atoms with Gasteiger partial charge in [-0.1, -0.05) is 6.58 Å². The molecule has 14 heavy (non-hydrogen) atoms. The minimum absolute atomic E-state index is 0.139. The van der Waals surface area contributed by atoms with Crippen LogP contribution in [0.5, 0.6) is 0 Å². The zero-order valence-corrected chi connectivity index (χ0v) is 8.46. The van der Waals surface area contributed by atoms with Crippen LogP contribution in [0.2, 0.25) is 0 Å². The highest BCUT2D eigenvalue weighted by Gasteiger charge is 2.30. The lowest BCUT2D eigenvalue weighted by Crippen LogP contribution is -2.46. The highest BCUT2D eigenvalue weighted by atomic mass is 16.2. The van der Waals surface area contributed by atoms with E-state index in [9.17, 15) is 9.59 Å². The number of hydrogen-bond acceptors (Lipinski definition) is 2. The largest absolute Gasteiger partial charge is 0.334 e. The van der Waals surface area contributed by atoms with Gasteiger partial charge < -0.3 is 15.5 Å². The Morgan fingerprint density at radius 3 is 2.93 bits per heavy atom. The van der Waals surface area contributed by atoms with E-state index in [1.807, 2.05) is 6.92 Å². The number of nitrogens with zero attached hydrogens (tertiary/aromatic N) is 1. The predicted octanol–water partition coefficient (Wildman–Crippen LogP) is 0.0499. The number of likely N-dealkylation sites (N-methyl/N-ethyl adjacent to an activating group) is 1. The van der Waals surface area contributed by atoms with Crippen molar-refractivity contribution >= 4 is 11.9 Å². The van der Waals surface area contributed by atoms with Gasteiger partial charge in [-0.05, 0) is 13.8 Å². The van der Waals surface area contributed by atoms with E-state index in [2.05, 4.69) is 17.2 Å². The average molecular weight is 197 g/mol. The van der Waals surface area contributed by atoms with Crippen LogP contribution < -0.4 is 10.6 Å². The maximum atomic E-state index is 11.3. The molecule has 1 rings (SSSR count). The molecule has 78 valence electrons. The van der Waals surface area contributed by atoms with Crippen molar-refractivity contribution in [3.63, 3.8) is 0 Å². The Kier molecular flexibility index (Phi) is 3.11. The first kappa shape index (κ1) is 10.6. The highest BCUT2D eigenvalue weighted by Crippen LogP contribution is 2.04. The van der Waals surface area contributed by atoms with Crippen LogP contribution in [-0.2, 0) is 4.79 Å². The fourth-order valence-corrected chi connectivity index (χ4v) is 1.30. The third-order valence-corrected chi connectivity index (χ3v) is 2.11. The molecule has 1 unspecified atom stereocenters. The van der Waals surface area contributed by atoms with Gasteiger partial charge in [-0.2, -0.15) is 0 Å². The summed E-state index contributed by atoms with van der Waals surface area (Å²) in [4.78, 5) is 24.1. The molecule has 0 aromatic heterocycles. The molecule has 5 heteroatoms. The second-order valence-electron chi connectivity index (χ2n) is 3.24. The average Bonchev–Trinajstić information content (AvgIpc) is 2.46. The molecule has 0 spiro atoms. The minimum Gasteiger partial charge on any atom is -0.334 e. The smallest absolute Gasteiger partial charge is 0.319 e. The fraction of sp³-hybridized carbons (Fsp3) is 0.556. The first-order valence-corrected chi connectivity index (χ1v) is 4.57. The van der Waals surface area contributed by atoms with Crippen LogP contribution in [0.25, 0.3) is 0 Å². The summed E-state index contributed by atoms with van der Waals surface area (Å²) >= 11 is 0. The van der Waals surface area contributed by atoms with Crippen molar-refractivity contribution in [3.8, 4) is 0 Å². The van der Waals surface area contributed by atoms with Gasteiger partial charge in [0.05, 0.1) is 6.54 Å². The lowest BCUT2D eigenvalue weighted by atomic mass is 10.3. The Bertz CT molecular complexity index is 275. The quantitative estimate of drug-likeness (QED) is 0.628. The third-order valence-electron chi connectivity index (χ3n) is 2.11. The molecule has 1 atom stereocenters. The van der Waals surface area contributed by atoms with Crippen molar-refractivity contribution in [2.45, 2.75) is 20.0 Å². The van der Waals surface area contributed by atoms with E-state index < -0.39 is 0 Å². The Hall–Kier alpha value is -1.52. The first-order valence-electron chi connectivity index (χ1n) is 4.57. The van der Waals surface area contributed by atoms with Crippen molar-refractivity contribution in [3.05, 3.63) is 12.2 Å². The molecule has 1 fully saturated rings. The molecule has 0 aromatic rings. The van der Waals surface area contributed by atoms with Gasteiger partial charge >= 0.3 is 6.03 Å². The Morgan fingerprint density at radius 1 is 1.79 bits per heavy atom. The molecule has 1 aliphatic heterocycles. The molecule has 3 amide bonds. The first-order chi connectivity index (χ1) is 6.56. The molecule has 0 radical (unpaired) electrons. The van der Waals surface area contributed by atoms with Gasteiger partial charge in [0.1, 0.15) is 6.17 Å². The molecule has 0 aromatic carbocycles. The van der Waals surface area contributed by atoms with Crippen molar-refractivity contribution in [2.24, 2.45) is 0 Å². The number of hydrogen-bond donors (Lipinski definition) is 2. The molecular formula is C9H15N3O2. The number of urea groups is 1. The zero-order chi connectivity index (χ0) is 10.7. The number of carbonyl (C=O) groups is 2. The summed E-state index contributed by atoms with van der Waals surface area (Å²) in [6, 6.07) is -0.139. The monoisotopic (exact) mass is 197 g/mol. The van der Waals surface area contributed by atoms with Crippen LogP contribution in [0, 0.1) is 0 Å². The van der Waals surface area contributed by atoms with Crippen LogP contribution >= 0.6 is 0 Å². The lowest BCUT2D eigenvalue weighted by molar-refractivity contribution is -0.118. The second-order valence-corrected chi connectivity index (χ2v) is 3.24. The molecule has 0 bridgehead atoms. The molecular weight excluding hydrogens is 182 g/mol. The summed E-state index contributed by atoms with van der Waals surface area (Å²) in [6.07, 6.45) is -0.253. The summed E-state index contributed by atoms with van der Waals surface area (Å²) in [5, 5.41) is 5.37. The van der Waals surface area contributed by atoms with E-state index in [-0.39, 0.29) is 18.1 Å². The lowest BCUT2D eigenvalue weighted by Gasteiger charge is -2.22. The Labute approximate surface area is 83.1 Å². The number of carbonyl (C=O) groups excluding carboxylic acids is 2. The molecule has 1 saturated heterocycles.